The number of nitrogens with zero attached hydrogens (tertiary/aromatic N) is 2. The maximum atomic E-state index is 12.5. The van der Waals surface area contributed by atoms with Gasteiger partial charge in [-0.25, -0.2) is 4.79 Å². The fourth-order valence-electron chi connectivity index (χ4n) is 3.80. The van der Waals surface area contributed by atoms with E-state index in [1.54, 1.807) is 0 Å². The first-order valence-corrected chi connectivity index (χ1v) is 7.93. The van der Waals surface area contributed by atoms with Crippen molar-refractivity contribution in [2.24, 2.45) is 0 Å². The van der Waals surface area contributed by atoms with E-state index in [2.05, 4.69) is 17.3 Å². The molecule has 0 aromatic heterocycles. The molecular weight excluding hydrogens is 262 g/mol. The lowest BCUT2D eigenvalue weighted by atomic mass is 9.87. The number of rotatable bonds is 1. The van der Waals surface area contributed by atoms with Crippen molar-refractivity contribution in [3.05, 3.63) is 29.8 Å². The fourth-order valence-corrected chi connectivity index (χ4v) is 3.80. The highest BCUT2D eigenvalue weighted by Crippen LogP contribution is 2.36. The Labute approximate surface area is 127 Å². The van der Waals surface area contributed by atoms with Crippen molar-refractivity contribution in [2.45, 2.75) is 38.1 Å². The van der Waals surface area contributed by atoms with Gasteiger partial charge < -0.3 is 10.2 Å². The first-order chi connectivity index (χ1) is 10.1. The summed E-state index contributed by atoms with van der Waals surface area (Å²) < 4.78 is 0. The number of carbonyl (C=O) groups is 1. The van der Waals surface area contributed by atoms with Gasteiger partial charge in [-0.3, -0.25) is 4.90 Å². The molecule has 1 spiro atoms. The van der Waals surface area contributed by atoms with Gasteiger partial charge in [-0.1, -0.05) is 12.1 Å². The average Bonchev–Trinajstić information content (AvgIpc) is 2.80. The second-order valence-electron chi connectivity index (χ2n) is 6.57. The number of anilines is 1. The summed E-state index contributed by atoms with van der Waals surface area (Å²) in [6.07, 6.45) is 4.80. The Kier molecular flexibility index (Phi) is 3.89. The van der Waals surface area contributed by atoms with E-state index in [1.807, 2.05) is 36.1 Å². The van der Waals surface area contributed by atoms with E-state index in [4.69, 9.17) is 0 Å². The van der Waals surface area contributed by atoms with Gasteiger partial charge in [0.2, 0.25) is 0 Å². The number of hydrogen-bond donors (Lipinski definition) is 1. The molecule has 1 aromatic carbocycles. The zero-order valence-corrected chi connectivity index (χ0v) is 13.1. The molecule has 4 heteroatoms. The van der Waals surface area contributed by atoms with Crippen LogP contribution in [0.1, 0.15) is 31.2 Å². The zero-order valence-electron chi connectivity index (χ0n) is 13.1. The number of piperidine rings is 1. The van der Waals surface area contributed by atoms with E-state index in [-0.39, 0.29) is 11.6 Å². The van der Waals surface area contributed by atoms with Crippen molar-refractivity contribution < 1.29 is 4.79 Å². The number of urea groups is 1. The number of hydrogen-bond acceptors (Lipinski definition) is 2. The summed E-state index contributed by atoms with van der Waals surface area (Å²) in [5.74, 6) is 0. The Morgan fingerprint density at radius 3 is 2.71 bits per heavy atom. The second-order valence-corrected chi connectivity index (χ2v) is 6.57. The van der Waals surface area contributed by atoms with Gasteiger partial charge in [0.25, 0.3) is 0 Å². The summed E-state index contributed by atoms with van der Waals surface area (Å²) in [5, 5.41) is 3.04. The van der Waals surface area contributed by atoms with E-state index in [9.17, 15) is 4.79 Å². The molecule has 4 nitrogen and oxygen atoms in total. The Morgan fingerprint density at radius 2 is 2.00 bits per heavy atom. The lowest BCUT2D eigenvalue weighted by Gasteiger charge is -2.44. The number of nitrogens with one attached hydrogen (secondary N) is 1. The highest BCUT2D eigenvalue weighted by molar-refractivity contribution is 5.89. The molecule has 21 heavy (non-hydrogen) atoms. The zero-order chi connectivity index (χ0) is 14.9. The standard InChI is InChI=1S/C17H25N3O/c1-14-6-3-7-15(12-14)18-16(21)20-11-5-9-17(13-20)8-4-10-19(17)2/h3,6-7,12H,4-5,8-11,13H2,1-2H3,(H,18,21). The maximum Gasteiger partial charge on any atom is 0.321 e. The molecule has 0 radical (unpaired) electrons. The Hall–Kier alpha value is -1.55. The molecule has 2 heterocycles. The minimum Gasteiger partial charge on any atom is -0.323 e. The molecule has 1 atom stereocenters. The third-order valence-corrected chi connectivity index (χ3v) is 5.06. The van der Waals surface area contributed by atoms with Gasteiger partial charge in [-0.05, 0) is 63.9 Å². The quantitative estimate of drug-likeness (QED) is 0.861. The molecule has 1 N–H and O–H groups in total. The number of likely N-dealkylation sites (tertiary alicyclic amines) is 2. The van der Waals surface area contributed by atoms with E-state index in [0.29, 0.717) is 0 Å². The van der Waals surface area contributed by atoms with E-state index >= 15 is 0 Å². The van der Waals surface area contributed by atoms with Crippen LogP contribution < -0.4 is 5.32 Å². The van der Waals surface area contributed by atoms with Gasteiger partial charge in [-0.15, -0.1) is 0 Å². The molecule has 2 saturated heterocycles. The number of aryl methyl sites for hydroxylation is 1. The van der Waals surface area contributed by atoms with Crippen molar-refractivity contribution >= 4 is 11.7 Å². The molecule has 0 saturated carbocycles. The van der Waals surface area contributed by atoms with Crippen LogP contribution >= 0.6 is 0 Å². The first kappa shape index (κ1) is 14.4. The molecule has 114 valence electrons. The van der Waals surface area contributed by atoms with Crippen LogP contribution in [0.4, 0.5) is 10.5 Å². The summed E-state index contributed by atoms with van der Waals surface area (Å²) in [4.78, 5) is 17.0. The minimum absolute atomic E-state index is 0.0416. The van der Waals surface area contributed by atoms with Crippen LogP contribution in [0.5, 0.6) is 0 Å². The van der Waals surface area contributed by atoms with Crippen molar-refractivity contribution in [3.63, 3.8) is 0 Å². The summed E-state index contributed by atoms with van der Waals surface area (Å²) in [5.41, 5.74) is 2.28. The number of carbonyl (C=O) groups excluding carboxylic acids is 1. The van der Waals surface area contributed by atoms with Gasteiger partial charge in [0.05, 0.1) is 0 Å². The maximum absolute atomic E-state index is 12.5. The predicted molar refractivity (Wildman–Crippen MR) is 85.6 cm³/mol. The van der Waals surface area contributed by atoms with E-state index in [1.165, 1.54) is 24.8 Å². The van der Waals surface area contributed by atoms with E-state index < -0.39 is 0 Å². The highest BCUT2D eigenvalue weighted by atomic mass is 16.2. The Bertz CT molecular complexity index is 531. The molecule has 2 amide bonds. The van der Waals surface area contributed by atoms with Crippen LogP contribution in [0.2, 0.25) is 0 Å². The fraction of sp³-hybridized carbons (Fsp3) is 0.588. The third kappa shape index (κ3) is 2.91. The topological polar surface area (TPSA) is 35.6 Å². The van der Waals surface area contributed by atoms with Crippen molar-refractivity contribution in [2.75, 3.05) is 32.0 Å². The lowest BCUT2D eigenvalue weighted by molar-refractivity contribution is 0.0771. The molecule has 0 bridgehead atoms. The normalized spacial score (nSPS) is 26.3. The molecule has 3 rings (SSSR count). The number of likely N-dealkylation sites (N-methyl/N-ethyl adjacent to an activating group) is 1. The van der Waals surface area contributed by atoms with Crippen LogP contribution in [0.15, 0.2) is 24.3 Å². The Morgan fingerprint density at radius 1 is 1.24 bits per heavy atom. The van der Waals surface area contributed by atoms with Crippen molar-refractivity contribution in [1.29, 1.82) is 0 Å². The molecule has 2 aliphatic heterocycles. The van der Waals surface area contributed by atoms with Crippen LogP contribution in [-0.2, 0) is 0 Å². The van der Waals surface area contributed by atoms with Crippen LogP contribution in [0.25, 0.3) is 0 Å². The van der Waals surface area contributed by atoms with Gasteiger partial charge in [0.1, 0.15) is 0 Å². The van der Waals surface area contributed by atoms with Crippen molar-refractivity contribution in [3.8, 4) is 0 Å². The van der Waals surface area contributed by atoms with E-state index in [0.717, 1.165) is 31.7 Å². The molecule has 2 fully saturated rings. The number of amides is 2. The summed E-state index contributed by atoms with van der Waals surface area (Å²) >= 11 is 0. The smallest absolute Gasteiger partial charge is 0.321 e. The lowest BCUT2D eigenvalue weighted by Crippen LogP contribution is -2.56. The average molecular weight is 287 g/mol. The minimum atomic E-state index is 0.0416. The summed E-state index contributed by atoms with van der Waals surface area (Å²) in [7, 11) is 2.20. The molecule has 0 aliphatic carbocycles. The first-order valence-electron chi connectivity index (χ1n) is 7.93. The number of benzene rings is 1. The van der Waals surface area contributed by atoms with Gasteiger partial charge >= 0.3 is 6.03 Å². The third-order valence-electron chi connectivity index (χ3n) is 5.06. The predicted octanol–water partition coefficient (Wildman–Crippen LogP) is 3.09. The van der Waals surface area contributed by atoms with Crippen LogP contribution in [0, 0.1) is 6.92 Å². The van der Waals surface area contributed by atoms with Gasteiger partial charge in [0.15, 0.2) is 0 Å². The second kappa shape index (κ2) is 5.68. The van der Waals surface area contributed by atoms with Gasteiger partial charge in [-0.2, -0.15) is 0 Å². The molecular formula is C17H25N3O. The highest BCUT2D eigenvalue weighted by Gasteiger charge is 2.42. The van der Waals surface area contributed by atoms with Gasteiger partial charge in [0, 0.05) is 24.3 Å². The summed E-state index contributed by atoms with van der Waals surface area (Å²) in [6.45, 7) is 4.93. The SMILES string of the molecule is Cc1cccc(NC(=O)N2CCCC3(CCCN3C)C2)c1. The molecule has 1 unspecified atom stereocenters. The van der Waals surface area contributed by atoms with Crippen LogP contribution in [0.3, 0.4) is 0 Å². The Balaban J connectivity index is 1.67. The van der Waals surface area contributed by atoms with Crippen LogP contribution in [-0.4, -0.2) is 48.1 Å². The molecule has 1 aromatic rings. The largest absolute Gasteiger partial charge is 0.323 e. The van der Waals surface area contributed by atoms with Crippen molar-refractivity contribution in [1.82, 2.24) is 9.80 Å². The summed E-state index contributed by atoms with van der Waals surface area (Å²) in [6, 6.07) is 8.03. The monoisotopic (exact) mass is 287 g/mol. The molecule has 2 aliphatic rings.